The summed E-state index contributed by atoms with van der Waals surface area (Å²) < 4.78 is 19.0. The molecule has 2 bridgehead atoms. The van der Waals surface area contributed by atoms with Gasteiger partial charge in [-0.15, -0.1) is 0 Å². The van der Waals surface area contributed by atoms with Crippen LogP contribution in [0.4, 0.5) is 0 Å². The molecule has 6 nitrogen and oxygen atoms in total. The van der Waals surface area contributed by atoms with Crippen molar-refractivity contribution in [1.82, 2.24) is 10.6 Å². The maximum absolute atomic E-state index is 12.8. The zero-order chi connectivity index (χ0) is 23.1. The fourth-order valence-corrected chi connectivity index (χ4v) is 6.72. The quantitative estimate of drug-likeness (QED) is 0.443. The largest absolute Gasteiger partial charge is 0.482 e. The van der Waals surface area contributed by atoms with Crippen LogP contribution in [0.2, 0.25) is 0 Å². The molecule has 1 aromatic rings. The minimum Gasteiger partial charge on any atom is -0.404 e. The molecule has 5 aliphatic rings. The Bertz CT molecular complexity index is 831. The van der Waals surface area contributed by atoms with E-state index >= 15 is 0 Å². The Hall–Kier alpha value is -1.41. The van der Waals surface area contributed by atoms with E-state index in [4.69, 9.17) is 14.0 Å². The summed E-state index contributed by atoms with van der Waals surface area (Å²) >= 11 is 0. The normalized spacial score (nSPS) is 35.1. The van der Waals surface area contributed by atoms with Crippen molar-refractivity contribution in [2.45, 2.75) is 83.0 Å². The topological polar surface area (TPSA) is 68.8 Å². The summed E-state index contributed by atoms with van der Waals surface area (Å²) in [5.41, 5.74) is 1.19. The highest BCUT2D eigenvalue weighted by Gasteiger charge is 2.68. The van der Waals surface area contributed by atoms with Crippen molar-refractivity contribution in [3.8, 4) is 0 Å². The van der Waals surface area contributed by atoms with Crippen LogP contribution in [0, 0.1) is 17.3 Å². The van der Waals surface area contributed by atoms with Gasteiger partial charge in [-0.2, -0.15) is 0 Å². The average Bonchev–Trinajstić information content (AvgIpc) is 3.43. The number of hydrogen-bond donors (Lipinski definition) is 2. The molecular weight excluding hydrogens is 415 g/mol. The molecular formula is C26H39BN2O4. The average molecular weight is 454 g/mol. The Balaban J connectivity index is 1.21. The third-order valence-corrected chi connectivity index (χ3v) is 8.90. The van der Waals surface area contributed by atoms with Crippen LogP contribution in [0.1, 0.15) is 58.4 Å². The minimum absolute atomic E-state index is 0.00725. The summed E-state index contributed by atoms with van der Waals surface area (Å²) in [6.07, 6.45) is 5.77. The van der Waals surface area contributed by atoms with Crippen LogP contribution < -0.4 is 10.6 Å². The first kappa shape index (κ1) is 23.3. The summed E-state index contributed by atoms with van der Waals surface area (Å²) in [4.78, 5) is 12.8. The van der Waals surface area contributed by atoms with Gasteiger partial charge in [0.25, 0.3) is 0 Å². The van der Waals surface area contributed by atoms with Crippen LogP contribution in [0.5, 0.6) is 0 Å². The molecule has 2 aliphatic heterocycles. The van der Waals surface area contributed by atoms with E-state index in [1.165, 1.54) is 18.4 Å². The molecule has 1 amide bonds. The number of nitrogens with one attached hydrogen (secondary N) is 2. The second-order valence-electron chi connectivity index (χ2n) is 11.3. The summed E-state index contributed by atoms with van der Waals surface area (Å²) in [5, 5.41) is 6.65. The van der Waals surface area contributed by atoms with Gasteiger partial charge in [0.15, 0.2) is 0 Å². The lowest BCUT2D eigenvalue weighted by Gasteiger charge is -2.64. The van der Waals surface area contributed by atoms with Gasteiger partial charge in [0, 0.05) is 12.5 Å². The van der Waals surface area contributed by atoms with Crippen LogP contribution in [-0.2, 0) is 25.3 Å². The van der Waals surface area contributed by atoms with Gasteiger partial charge in [0.05, 0.1) is 30.9 Å². The number of ether oxygens (including phenoxy) is 1. The molecule has 0 aromatic heterocycles. The highest BCUT2D eigenvalue weighted by molar-refractivity contribution is 6.48. The first-order chi connectivity index (χ1) is 15.9. The van der Waals surface area contributed by atoms with E-state index in [-0.39, 0.29) is 23.6 Å². The van der Waals surface area contributed by atoms with E-state index in [2.05, 4.69) is 43.5 Å². The maximum Gasteiger partial charge on any atom is 0.482 e. The van der Waals surface area contributed by atoms with E-state index in [0.29, 0.717) is 49.3 Å². The molecule has 5 fully saturated rings. The Morgan fingerprint density at radius 1 is 1.27 bits per heavy atom. The van der Waals surface area contributed by atoms with Gasteiger partial charge < -0.3 is 24.7 Å². The Labute approximate surface area is 198 Å². The number of benzene rings is 1. The Kier molecular flexibility index (Phi) is 6.60. The molecule has 1 aromatic carbocycles. The standard InChI is InChI=1S/C26H39BN2O4/c1-25(2)19-15-21(25)26(3)22(16-19)32-27(33-26)23(14-18-8-5-4-6-9-18)29-24(30)11-13-31-17-20-10-7-12-28-20/h4-6,8-9,19-23,28H,7,10-17H2,1-3H3,(H,29,30)/t19-,20+,21-,22+,23+,26-/m0/s1. The summed E-state index contributed by atoms with van der Waals surface area (Å²) in [7, 11) is -0.428. The highest BCUT2D eigenvalue weighted by Crippen LogP contribution is 2.65. The van der Waals surface area contributed by atoms with E-state index < -0.39 is 7.12 Å². The molecule has 33 heavy (non-hydrogen) atoms. The van der Waals surface area contributed by atoms with Gasteiger partial charge in [-0.3, -0.25) is 4.79 Å². The minimum atomic E-state index is -0.428. The van der Waals surface area contributed by atoms with E-state index in [1.54, 1.807) is 0 Å². The zero-order valence-corrected chi connectivity index (χ0v) is 20.3. The van der Waals surface area contributed by atoms with Crippen LogP contribution in [-0.4, -0.2) is 56.5 Å². The smallest absolute Gasteiger partial charge is 0.404 e. The molecule has 2 N–H and O–H groups in total. The van der Waals surface area contributed by atoms with Gasteiger partial charge >= 0.3 is 7.12 Å². The number of amides is 1. The third kappa shape index (κ3) is 4.62. The van der Waals surface area contributed by atoms with Crippen molar-refractivity contribution in [2.75, 3.05) is 19.8 Å². The second kappa shape index (κ2) is 9.33. The van der Waals surface area contributed by atoms with Crippen molar-refractivity contribution >= 4 is 13.0 Å². The molecule has 0 unspecified atom stereocenters. The molecule has 0 spiro atoms. The monoisotopic (exact) mass is 454 g/mol. The van der Waals surface area contributed by atoms with Gasteiger partial charge in [-0.05, 0) is 68.4 Å². The molecule has 6 rings (SSSR count). The molecule has 0 radical (unpaired) electrons. The van der Waals surface area contributed by atoms with Gasteiger partial charge in [-0.1, -0.05) is 44.2 Å². The van der Waals surface area contributed by atoms with Crippen molar-refractivity contribution < 1.29 is 18.8 Å². The number of hydrogen-bond acceptors (Lipinski definition) is 5. The van der Waals surface area contributed by atoms with Crippen molar-refractivity contribution in [3.05, 3.63) is 35.9 Å². The van der Waals surface area contributed by atoms with E-state index in [1.807, 2.05) is 18.2 Å². The summed E-state index contributed by atoms with van der Waals surface area (Å²) in [5.74, 6) is 0.979. The van der Waals surface area contributed by atoms with Gasteiger partial charge in [-0.25, -0.2) is 0 Å². The molecule has 3 saturated carbocycles. The molecule has 2 saturated heterocycles. The molecule has 6 atom stereocenters. The molecule has 2 heterocycles. The SMILES string of the molecule is CC1(C)[C@@H]2C[C@H]3OB([C@@H](Cc4ccccc4)NC(=O)CCOC[C@H]4CCCN4)O[C@@]3(C)[C@H]1C2. The summed E-state index contributed by atoms with van der Waals surface area (Å²) in [6, 6.07) is 10.7. The van der Waals surface area contributed by atoms with Crippen molar-refractivity contribution in [2.24, 2.45) is 17.3 Å². The first-order valence-electron chi connectivity index (χ1n) is 12.8. The number of rotatable bonds is 9. The zero-order valence-electron chi connectivity index (χ0n) is 20.3. The third-order valence-electron chi connectivity index (χ3n) is 8.90. The molecule has 3 aliphatic carbocycles. The second-order valence-corrected chi connectivity index (χ2v) is 11.3. The Morgan fingerprint density at radius 3 is 2.82 bits per heavy atom. The molecule has 180 valence electrons. The predicted octanol–water partition coefficient (Wildman–Crippen LogP) is 3.14. The number of carbonyl (C=O) groups is 1. The number of carbonyl (C=O) groups excluding carboxylic acids is 1. The predicted molar refractivity (Wildman–Crippen MR) is 129 cm³/mol. The maximum atomic E-state index is 12.8. The lowest BCUT2D eigenvalue weighted by Crippen LogP contribution is -2.65. The fraction of sp³-hybridized carbons (Fsp3) is 0.731. The van der Waals surface area contributed by atoms with Crippen LogP contribution in [0.15, 0.2) is 30.3 Å². The van der Waals surface area contributed by atoms with Crippen LogP contribution in [0.25, 0.3) is 0 Å². The fourth-order valence-electron chi connectivity index (χ4n) is 6.72. The highest BCUT2D eigenvalue weighted by atomic mass is 16.7. The van der Waals surface area contributed by atoms with Crippen LogP contribution >= 0.6 is 0 Å². The lowest BCUT2D eigenvalue weighted by molar-refractivity contribution is -0.199. The van der Waals surface area contributed by atoms with Crippen molar-refractivity contribution in [1.29, 1.82) is 0 Å². The van der Waals surface area contributed by atoms with Gasteiger partial charge in [0.2, 0.25) is 5.91 Å². The van der Waals surface area contributed by atoms with Crippen LogP contribution in [0.3, 0.4) is 0 Å². The summed E-state index contributed by atoms with van der Waals surface area (Å²) in [6.45, 7) is 9.14. The Morgan fingerprint density at radius 2 is 2.09 bits per heavy atom. The molecule has 7 heteroatoms. The van der Waals surface area contributed by atoms with Gasteiger partial charge in [0.1, 0.15) is 0 Å². The van der Waals surface area contributed by atoms with Crippen molar-refractivity contribution in [3.63, 3.8) is 0 Å². The lowest BCUT2D eigenvalue weighted by atomic mass is 9.43. The first-order valence-corrected chi connectivity index (χ1v) is 12.8. The van der Waals surface area contributed by atoms with E-state index in [0.717, 1.165) is 19.4 Å². The van der Waals surface area contributed by atoms with E-state index in [9.17, 15) is 4.79 Å².